The molecule has 214 valence electrons. The Bertz CT molecular complexity index is 1740. The van der Waals surface area contributed by atoms with E-state index in [1.165, 1.54) is 42.5 Å². The maximum Gasteiger partial charge on any atom is 0.416 e. The molecule has 0 bridgehead atoms. The number of alkyl halides is 3. The predicted molar refractivity (Wildman–Crippen MR) is 149 cm³/mol. The maximum atomic E-state index is 13.4. The number of carbonyl (C=O) groups excluding carboxylic acids is 2. The minimum Gasteiger partial charge on any atom is -0.505 e. The van der Waals surface area contributed by atoms with Gasteiger partial charge in [-0.3, -0.25) is 9.59 Å². The number of nitrogens with one attached hydrogen (secondary N) is 2. The van der Waals surface area contributed by atoms with Gasteiger partial charge in [-0.1, -0.05) is 64.9 Å². The van der Waals surface area contributed by atoms with E-state index in [4.69, 9.17) is 23.2 Å². The average Bonchev–Trinajstić information content (AvgIpc) is 3.33. The van der Waals surface area contributed by atoms with E-state index in [2.05, 4.69) is 15.6 Å². The molecule has 0 saturated carbocycles. The summed E-state index contributed by atoms with van der Waals surface area (Å²) in [5, 5.41) is 14.5. The Morgan fingerprint density at radius 1 is 1.00 bits per heavy atom. The van der Waals surface area contributed by atoms with Gasteiger partial charge >= 0.3 is 6.18 Å². The SMILES string of the molecule is CS(=O)(=O)c1ccc(-c2nc(C(=O)NCc3ccccc3C(F)(F)F)c(NC(=O)c3cc(Cl)c(O)c(Cl)c3)s2)cc1. The van der Waals surface area contributed by atoms with Crippen LogP contribution in [-0.2, 0) is 22.6 Å². The van der Waals surface area contributed by atoms with E-state index in [-0.39, 0.29) is 41.8 Å². The number of rotatable bonds is 7. The standard InChI is InChI=1S/C26H18Cl2F3N3O5S2/c1-41(38,39)16-8-6-13(7-9-16)24-33-20(23(37)32-12-14-4-2-3-5-17(14)26(29,30)31)25(40-24)34-22(36)15-10-18(27)21(35)19(28)11-15/h2-11,35H,12H2,1H3,(H,32,37)(H,34,36). The van der Waals surface area contributed by atoms with Crippen molar-refractivity contribution < 1.29 is 36.3 Å². The fraction of sp³-hybridized carbons (Fsp3) is 0.115. The first-order valence-electron chi connectivity index (χ1n) is 11.4. The third-order valence-corrected chi connectivity index (χ3v) is 8.36. The van der Waals surface area contributed by atoms with Crippen molar-refractivity contribution in [3.63, 3.8) is 0 Å². The van der Waals surface area contributed by atoms with E-state index in [1.54, 1.807) is 0 Å². The van der Waals surface area contributed by atoms with Gasteiger partial charge in [0.05, 0.1) is 20.5 Å². The van der Waals surface area contributed by atoms with Gasteiger partial charge < -0.3 is 15.7 Å². The number of thiazole rings is 1. The van der Waals surface area contributed by atoms with Gasteiger partial charge in [0.25, 0.3) is 11.8 Å². The van der Waals surface area contributed by atoms with E-state index in [9.17, 15) is 36.3 Å². The van der Waals surface area contributed by atoms with Gasteiger partial charge in [0.1, 0.15) is 10.0 Å². The number of phenolic OH excluding ortho intramolecular Hbond substituents is 1. The fourth-order valence-electron chi connectivity index (χ4n) is 3.61. The van der Waals surface area contributed by atoms with Crippen LogP contribution in [-0.4, -0.2) is 36.6 Å². The number of sulfone groups is 1. The second-order valence-corrected chi connectivity index (χ2v) is 12.4. The molecule has 0 radical (unpaired) electrons. The summed E-state index contributed by atoms with van der Waals surface area (Å²) >= 11 is 12.7. The minimum absolute atomic E-state index is 0.0497. The summed E-state index contributed by atoms with van der Waals surface area (Å²) in [6.45, 7) is -0.485. The van der Waals surface area contributed by atoms with Crippen LogP contribution in [0.2, 0.25) is 10.0 Å². The Morgan fingerprint density at radius 3 is 2.20 bits per heavy atom. The summed E-state index contributed by atoms with van der Waals surface area (Å²) in [7, 11) is -3.48. The first-order chi connectivity index (χ1) is 19.1. The largest absolute Gasteiger partial charge is 0.505 e. The number of hydrogen-bond acceptors (Lipinski definition) is 7. The van der Waals surface area contributed by atoms with Crippen LogP contribution < -0.4 is 10.6 Å². The number of aromatic nitrogens is 1. The second-order valence-electron chi connectivity index (χ2n) is 8.57. The van der Waals surface area contributed by atoms with Crippen molar-refractivity contribution in [3.8, 4) is 16.3 Å². The lowest BCUT2D eigenvalue weighted by molar-refractivity contribution is -0.138. The van der Waals surface area contributed by atoms with Gasteiger partial charge in [0.2, 0.25) is 0 Å². The van der Waals surface area contributed by atoms with Crippen molar-refractivity contribution in [1.29, 1.82) is 0 Å². The zero-order chi connectivity index (χ0) is 30.1. The summed E-state index contributed by atoms with van der Waals surface area (Å²) in [6.07, 6.45) is -3.60. The van der Waals surface area contributed by atoms with Crippen molar-refractivity contribution >= 4 is 61.2 Å². The highest BCUT2D eigenvalue weighted by atomic mass is 35.5. The summed E-state index contributed by atoms with van der Waals surface area (Å²) in [4.78, 5) is 30.5. The molecule has 4 rings (SSSR count). The molecule has 2 amide bonds. The van der Waals surface area contributed by atoms with Crippen molar-refractivity contribution in [2.75, 3.05) is 11.6 Å². The van der Waals surface area contributed by atoms with Crippen molar-refractivity contribution in [3.05, 3.63) is 93.1 Å². The number of nitrogens with zero attached hydrogens (tertiary/aromatic N) is 1. The summed E-state index contributed by atoms with van der Waals surface area (Å²) in [6, 6.07) is 12.7. The normalized spacial score (nSPS) is 11.8. The fourth-order valence-corrected chi connectivity index (χ4v) is 5.69. The number of aromatic hydroxyl groups is 1. The van der Waals surface area contributed by atoms with Crippen LogP contribution in [0.5, 0.6) is 5.75 Å². The third kappa shape index (κ3) is 6.99. The van der Waals surface area contributed by atoms with Gasteiger partial charge in [-0.05, 0) is 35.9 Å². The van der Waals surface area contributed by atoms with Gasteiger partial charge in [-0.25, -0.2) is 13.4 Å². The van der Waals surface area contributed by atoms with Crippen LogP contribution in [0.15, 0.2) is 65.6 Å². The van der Waals surface area contributed by atoms with Crippen molar-refractivity contribution in [2.45, 2.75) is 17.6 Å². The molecule has 1 aromatic heterocycles. The van der Waals surface area contributed by atoms with Crippen LogP contribution in [0.4, 0.5) is 18.2 Å². The molecule has 0 aliphatic heterocycles. The molecule has 0 fully saturated rings. The van der Waals surface area contributed by atoms with E-state index in [0.29, 0.717) is 5.56 Å². The van der Waals surface area contributed by atoms with Gasteiger partial charge in [0, 0.05) is 23.9 Å². The van der Waals surface area contributed by atoms with Crippen molar-refractivity contribution in [1.82, 2.24) is 10.3 Å². The lowest BCUT2D eigenvalue weighted by atomic mass is 10.1. The van der Waals surface area contributed by atoms with Crippen LogP contribution >= 0.6 is 34.5 Å². The Hall–Kier alpha value is -3.65. The Kier molecular flexibility index (Phi) is 8.64. The molecule has 0 aliphatic rings. The maximum absolute atomic E-state index is 13.4. The van der Waals surface area contributed by atoms with Crippen LogP contribution in [0, 0.1) is 0 Å². The Morgan fingerprint density at radius 2 is 1.61 bits per heavy atom. The third-order valence-electron chi connectivity index (χ3n) is 5.64. The Balaban J connectivity index is 1.68. The molecule has 0 saturated heterocycles. The van der Waals surface area contributed by atoms with Crippen LogP contribution in [0.3, 0.4) is 0 Å². The molecule has 15 heteroatoms. The smallest absolute Gasteiger partial charge is 0.416 e. The van der Waals surface area contributed by atoms with E-state index in [0.717, 1.165) is 35.8 Å². The highest BCUT2D eigenvalue weighted by molar-refractivity contribution is 7.90. The number of amides is 2. The molecular weight excluding hydrogens is 626 g/mol. The highest BCUT2D eigenvalue weighted by Crippen LogP contribution is 2.36. The highest BCUT2D eigenvalue weighted by Gasteiger charge is 2.33. The number of anilines is 1. The van der Waals surface area contributed by atoms with Crippen molar-refractivity contribution in [2.24, 2.45) is 0 Å². The molecule has 3 N–H and O–H groups in total. The number of benzene rings is 3. The molecule has 0 aliphatic carbocycles. The molecule has 1 heterocycles. The number of phenols is 1. The minimum atomic E-state index is -4.64. The number of carbonyl (C=O) groups is 2. The molecule has 8 nitrogen and oxygen atoms in total. The van der Waals surface area contributed by atoms with Gasteiger partial charge in [-0.15, -0.1) is 0 Å². The van der Waals surface area contributed by atoms with E-state index in [1.807, 2.05) is 0 Å². The molecular formula is C26H18Cl2F3N3O5S2. The van der Waals surface area contributed by atoms with Gasteiger partial charge in [-0.2, -0.15) is 13.2 Å². The summed E-state index contributed by atoms with van der Waals surface area (Å²) in [5.74, 6) is -2.08. The molecule has 3 aromatic carbocycles. The summed E-state index contributed by atoms with van der Waals surface area (Å²) < 4.78 is 63.8. The number of halogens is 5. The topological polar surface area (TPSA) is 125 Å². The second kappa shape index (κ2) is 11.7. The van der Waals surface area contributed by atoms with Crippen LogP contribution in [0.25, 0.3) is 10.6 Å². The first kappa shape index (κ1) is 30.3. The molecule has 0 unspecified atom stereocenters. The average molecular weight is 644 g/mol. The zero-order valence-electron chi connectivity index (χ0n) is 20.7. The monoisotopic (exact) mass is 643 g/mol. The molecule has 4 aromatic rings. The quantitative estimate of drug-likeness (QED) is 0.213. The predicted octanol–water partition coefficient (Wildman–Crippen LogP) is 6.43. The number of hydrogen-bond donors (Lipinski definition) is 3. The molecule has 41 heavy (non-hydrogen) atoms. The van der Waals surface area contributed by atoms with E-state index < -0.39 is 45.7 Å². The molecule has 0 atom stereocenters. The van der Waals surface area contributed by atoms with Crippen LogP contribution in [0.1, 0.15) is 32.0 Å². The van der Waals surface area contributed by atoms with E-state index >= 15 is 0 Å². The summed E-state index contributed by atoms with van der Waals surface area (Å²) in [5.41, 5.74) is -1.05. The zero-order valence-corrected chi connectivity index (χ0v) is 23.9. The lowest BCUT2D eigenvalue weighted by Crippen LogP contribution is -2.26. The first-order valence-corrected chi connectivity index (χ1v) is 14.9. The molecule has 0 spiro atoms. The van der Waals surface area contributed by atoms with Gasteiger partial charge in [0.15, 0.2) is 21.3 Å². The Labute approximate surface area is 245 Å². The lowest BCUT2D eigenvalue weighted by Gasteiger charge is -2.13.